The predicted molar refractivity (Wildman–Crippen MR) is 111 cm³/mol. The summed E-state index contributed by atoms with van der Waals surface area (Å²) in [4.78, 5) is 0. The fraction of sp³-hybridized carbons (Fsp3) is 0.571. The maximum absolute atomic E-state index is 14.6. The van der Waals surface area contributed by atoms with E-state index < -0.39 is 32.0 Å². The van der Waals surface area contributed by atoms with Gasteiger partial charge in [-0.25, -0.2) is 4.39 Å². The average Bonchev–Trinajstić information content (AvgIpc) is 2.93. The molecule has 2 aromatic rings. The van der Waals surface area contributed by atoms with Crippen molar-refractivity contribution in [2.24, 2.45) is 0 Å². The zero-order chi connectivity index (χ0) is 23.1. The number of aromatic nitrogens is 2. The molecule has 2 rings (SSSR count). The van der Waals surface area contributed by atoms with Crippen LogP contribution in [0.1, 0.15) is 57.5 Å². The summed E-state index contributed by atoms with van der Waals surface area (Å²) in [5, 5.41) is 3.96. The van der Waals surface area contributed by atoms with Crippen LogP contribution < -0.4 is 9.16 Å². The van der Waals surface area contributed by atoms with E-state index in [4.69, 9.17) is 9.16 Å². The Balaban J connectivity index is 2.68. The van der Waals surface area contributed by atoms with Gasteiger partial charge in [-0.3, -0.25) is 4.68 Å². The van der Waals surface area contributed by atoms with Crippen LogP contribution in [0.15, 0.2) is 18.2 Å². The van der Waals surface area contributed by atoms with Crippen LogP contribution in [-0.4, -0.2) is 25.2 Å². The van der Waals surface area contributed by atoms with E-state index in [9.17, 15) is 17.6 Å². The molecule has 0 fully saturated rings. The van der Waals surface area contributed by atoms with Crippen molar-refractivity contribution in [1.29, 1.82) is 0 Å². The lowest BCUT2D eigenvalue weighted by Gasteiger charge is -2.48. The molecule has 9 heteroatoms. The predicted octanol–water partition coefficient (Wildman–Crippen LogP) is 6.61. The van der Waals surface area contributed by atoms with Gasteiger partial charge in [0.2, 0.25) is 0 Å². The molecule has 169 valence electrons. The lowest BCUT2D eigenvalue weighted by molar-refractivity contribution is -0.145. The number of methoxy groups -OCH3 is 1. The fourth-order valence-electron chi connectivity index (χ4n) is 2.75. The van der Waals surface area contributed by atoms with Gasteiger partial charge in [0.15, 0.2) is 5.88 Å². The smallest absolute Gasteiger partial charge is 0.433 e. The first-order chi connectivity index (χ1) is 13.6. The van der Waals surface area contributed by atoms with Crippen LogP contribution in [0, 0.1) is 5.82 Å². The van der Waals surface area contributed by atoms with Gasteiger partial charge in [-0.2, -0.15) is 13.2 Å². The van der Waals surface area contributed by atoms with Crippen LogP contribution in [0.5, 0.6) is 11.6 Å². The third kappa shape index (κ3) is 4.99. The van der Waals surface area contributed by atoms with Crippen molar-refractivity contribution in [3.63, 3.8) is 0 Å². The summed E-state index contributed by atoms with van der Waals surface area (Å²) in [7, 11) is -1.09. The lowest BCUT2D eigenvalue weighted by atomic mass is 10.0. The van der Waals surface area contributed by atoms with Crippen molar-refractivity contribution in [1.82, 2.24) is 9.78 Å². The third-order valence-corrected chi connectivity index (χ3v) is 9.83. The second-order valence-electron chi connectivity index (χ2n) is 9.16. The molecule has 0 amide bonds. The second-order valence-corrected chi connectivity index (χ2v) is 13.9. The molecular formula is C21H30F4N2O2Si-. The summed E-state index contributed by atoms with van der Waals surface area (Å²) < 4.78 is 68.8. The molecular weight excluding hydrogens is 416 g/mol. The van der Waals surface area contributed by atoms with E-state index in [-0.39, 0.29) is 28.5 Å². The minimum atomic E-state index is -4.66. The Labute approximate surface area is 176 Å². The molecule has 1 aromatic heterocycles. The number of ether oxygens (including phenoxy) is 1. The summed E-state index contributed by atoms with van der Waals surface area (Å²) in [6.07, 6.45) is -4.95. The maximum atomic E-state index is 14.6. The SMILES string of the molecule is COc1ccc(Cc2c(O[Si-](C)(C)C(C)(C)C)nn(C(C)C)c2C(F)(F)F)c(F)c1. The van der Waals surface area contributed by atoms with Crippen LogP contribution in [-0.2, 0) is 12.6 Å². The van der Waals surface area contributed by atoms with E-state index in [0.29, 0.717) is 5.75 Å². The first kappa shape index (κ1) is 24.2. The number of alkyl halides is 3. The first-order valence-electron chi connectivity index (χ1n) is 9.78. The number of hydrogen-bond acceptors (Lipinski definition) is 3. The minimum Gasteiger partial charge on any atom is -0.674 e. The Morgan fingerprint density at radius 2 is 1.73 bits per heavy atom. The Bertz CT molecular complexity index is 900. The van der Waals surface area contributed by atoms with Crippen LogP contribution in [0.4, 0.5) is 17.6 Å². The van der Waals surface area contributed by atoms with E-state index in [1.165, 1.54) is 19.2 Å². The van der Waals surface area contributed by atoms with Crippen LogP contribution in [0.2, 0.25) is 18.1 Å². The molecule has 0 N–H and O–H groups in total. The highest BCUT2D eigenvalue weighted by molar-refractivity contribution is 6.74. The fourth-order valence-corrected chi connectivity index (χ4v) is 3.70. The molecule has 0 aliphatic carbocycles. The highest BCUT2D eigenvalue weighted by Crippen LogP contribution is 2.43. The largest absolute Gasteiger partial charge is 0.674 e. The van der Waals surface area contributed by atoms with E-state index in [2.05, 4.69) is 5.10 Å². The highest BCUT2D eigenvalue weighted by Gasteiger charge is 2.41. The van der Waals surface area contributed by atoms with Gasteiger partial charge in [0, 0.05) is 32.4 Å². The highest BCUT2D eigenvalue weighted by atomic mass is 28.4. The normalized spacial score (nSPS) is 13.1. The molecule has 0 radical (unpaired) electrons. The summed E-state index contributed by atoms with van der Waals surface area (Å²) in [5.74, 6) is -0.418. The maximum Gasteiger partial charge on any atom is 0.433 e. The molecule has 0 aliphatic rings. The van der Waals surface area contributed by atoms with Crippen molar-refractivity contribution in [2.75, 3.05) is 7.11 Å². The summed E-state index contributed by atoms with van der Waals surface area (Å²) in [5.41, 5.74) is -0.934. The number of benzene rings is 1. The molecule has 1 aromatic carbocycles. The molecule has 0 aliphatic heterocycles. The molecule has 0 atom stereocenters. The standard InChI is InChI=1S/C21H30F4N2O2Si/c1-13(2)27-18(21(23,24)25)16(11-14-9-10-15(28-6)12-17(14)22)19(26-27)29-30(7,8)20(3,4)5/h9-10,12-13H,11H2,1-8H3/q-1. The number of nitrogens with zero attached hydrogens (tertiary/aromatic N) is 2. The average molecular weight is 447 g/mol. The number of halogens is 4. The molecule has 0 unspecified atom stereocenters. The second kappa shape index (κ2) is 8.24. The van der Waals surface area contributed by atoms with E-state index in [1.54, 1.807) is 13.8 Å². The van der Waals surface area contributed by atoms with Crippen LogP contribution >= 0.6 is 0 Å². The summed E-state index contributed by atoms with van der Waals surface area (Å²) in [6, 6.07) is 3.56. The molecule has 0 bridgehead atoms. The van der Waals surface area contributed by atoms with Gasteiger partial charge in [0.25, 0.3) is 0 Å². The molecule has 0 spiro atoms. The minimum absolute atomic E-state index is 0.0714. The number of hydrogen-bond donors (Lipinski definition) is 0. The van der Waals surface area contributed by atoms with Crippen molar-refractivity contribution < 1.29 is 26.7 Å². The molecule has 0 saturated heterocycles. The van der Waals surface area contributed by atoms with Gasteiger partial charge in [0.05, 0.1) is 7.11 Å². The van der Waals surface area contributed by atoms with E-state index in [0.717, 1.165) is 10.7 Å². The summed E-state index contributed by atoms with van der Waals surface area (Å²) >= 11 is 0. The lowest BCUT2D eigenvalue weighted by Crippen LogP contribution is -2.44. The van der Waals surface area contributed by atoms with E-state index >= 15 is 0 Å². The summed E-state index contributed by atoms with van der Waals surface area (Å²) in [6.45, 7) is 13.1. The van der Waals surface area contributed by atoms with Gasteiger partial charge in [0.1, 0.15) is 17.3 Å². The van der Waals surface area contributed by atoms with Crippen molar-refractivity contribution >= 4 is 8.32 Å². The van der Waals surface area contributed by atoms with Crippen LogP contribution in [0.3, 0.4) is 0 Å². The van der Waals surface area contributed by atoms with Crippen molar-refractivity contribution in [3.8, 4) is 11.6 Å². The molecule has 4 nitrogen and oxygen atoms in total. The van der Waals surface area contributed by atoms with E-state index in [1.807, 2.05) is 33.9 Å². The monoisotopic (exact) mass is 446 g/mol. The van der Waals surface area contributed by atoms with Crippen molar-refractivity contribution in [3.05, 3.63) is 40.8 Å². The first-order valence-corrected chi connectivity index (χ1v) is 12.7. The zero-order valence-corrected chi connectivity index (χ0v) is 19.7. The van der Waals surface area contributed by atoms with Gasteiger partial charge < -0.3 is 9.16 Å². The molecule has 0 saturated carbocycles. The topological polar surface area (TPSA) is 36.3 Å². The Morgan fingerprint density at radius 1 is 1.13 bits per heavy atom. The Morgan fingerprint density at radius 3 is 2.17 bits per heavy atom. The van der Waals surface area contributed by atoms with Gasteiger partial charge >= 0.3 is 6.18 Å². The van der Waals surface area contributed by atoms with Crippen molar-refractivity contribution in [2.45, 2.75) is 71.4 Å². The Kier molecular flexibility index (Phi) is 6.66. The zero-order valence-electron chi connectivity index (χ0n) is 18.7. The van der Waals surface area contributed by atoms with Crippen LogP contribution in [0.25, 0.3) is 0 Å². The Hall–Kier alpha value is -2.03. The quantitative estimate of drug-likeness (QED) is 0.370. The third-order valence-electron chi connectivity index (χ3n) is 5.51. The molecule has 30 heavy (non-hydrogen) atoms. The van der Waals surface area contributed by atoms with Gasteiger partial charge in [-0.1, -0.05) is 26.8 Å². The number of rotatable bonds is 6. The van der Waals surface area contributed by atoms with Gasteiger partial charge in [-0.15, -0.1) is 23.2 Å². The van der Waals surface area contributed by atoms with Gasteiger partial charge in [-0.05, 0) is 25.5 Å². The molecule has 1 heterocycles.